The zero-order valence-electron chi connectivity index (χ0n) is 9.28. The van der Waals surface area contributed by atoms with Gasteiger partial charge in [-0.1, -0.05) is 6.92 Å². The van der Waals surface area contributed by atoms with Crippen molar-refractivity contribution >= 4 is 23.7 Å². The molecule has 1 rings (SSSR count). The predicted molar refractivity (Wildman–Crippen MR) is 61.9 cm³/mol. The summed E-state index contributed by atoms with van der Waals surface area (Å²) >= 11 is 1.88. The highest BCUT2D eigenvalue weighted by atomic mass is 32.2. The highest BCUT2D eigenvalue weighted by Crippen LogP contribution is 2.12. The molecule has 0 aliphatic carbocycles. The van der Waals surface area contributed by atoms with Crippen LogP contribution in [0, 0.1) is 0 Å². The minimum atomic E-state index is -0.236. The average Bonchev–Trinajstić information content (AvgIpc) is 2.17. The second-order valence-electron chi connectivity index (χ2n) is 3.63. The van der Waals surface area contributed by atoms with Gasteiger partial charge in [0, 0.05) is 19.0 Å². The van der Waals surface area contributed by atoms with E-state index in [1.54, 1.807) is 4.90 Å². The summed E-state index contributed by atoms with van der Waals surface area (Å²) in [6.07, 6.45) is 1.41. The molecule has 1 N–H and O–H groups in total. The molecule has 1 aliphatic rings. The lowest BCUT2D eigenvalue weighted by Crippen LogP contribution is -2.52. The van der Waals surface area contributed by atoms with Gasteiger partial charge in [0.2, 0.25) is 5.91 Å². The fraction of sp³-hybridized carbons (Fsp3) is 0.800. The molecular formula is C10H18N2O2S. The Balaban J connectivity index is 2.35. The van der Waals surface area contributed by atoms with E-state index in [1.807, 2.05) is 18.7 Å². The van der Waals surface area contributed by atoms with Gasteiger partial charge in [-0.25, -0.2) is 4.79 Å². The van der Waals surface area contributed by atoms with Crippen LogP contribution in [0.15, 0.2) is 0 Å². The average molecular weight is 230 g/mol. The van der Waals surface area contributed by atoms with Gasteiger partial charge in [-0.2, -0.15) is 11.8 Å². The van der Waals surface area contributed by atoms with E-state index in [-0.39, 0.29) is 18.0 Å². The predicted octanol–water partition coefficient (Wildman–Crippen LogP) is 1.46. The molecule has 1 atom stereocenters. The fourth-order valence-corrected chi connectivity index (χ4v) is 2.35. The van der Waals surface area contributed by atoms with Gasteiger partial charge in [-0.3, -0.25) is 10.1 Å². The Morgan fingerprint density at radius 1 is 1.53 bits per heavy atom. The lowest BCUT2D eigenvalue weighted by atomic mass is 10.2. The summed E-state index contributed by atoms with van der Waals surface area (Å²) in [5.41, 5.74) is 0. The third-order valence-corrected chi connectivity index (χ3v) is 3.44. The van der Waals surface area contributed by atoms with Crippen molar-refractivity contribution in [2.75, 3.05) is 18.1 Å². The molecular weight excluding hydrogens is 212 g/mol. The lowest BCUT2D eigenvalue weighted by molar-refractivity contribution is -0.121. The minimum absolute atomic E-state index is 0.161. The maximum atomic E-state index is 11.5. The monoisotopic (exact) mass is 230 g/mol. The second kappa shape index (κ2) is 6.00. The molecule has 1 fully saturated rings. The van der Waals surface area contributed by atoms with Gasteiger partial charge >= 0.3 is 6.03 Å². The zero-order chi connectivity index (χ0) is 11.3. The van der Waals surface area contributed by atoms with Crippen LogP contribution in [0.3, 0.4) is 0 Å². The molecule has 1 aliphatic heterocycles. The Bertz CT molecular complexity index is 246. The Morgan fingerprint density at radius 2 is 2.27 bits per heavy atom. The number of nitrogens with zero attached hydrogens (tertiary/aromatic N) is 1. The number of hydrogen-bond acceptors (Lipinski definition) is 3. The van der Waals surface area contributed by atoms with Crippen LogP contribution in [0.1, 0.15) is 26.7 Å². The first-order valence-electron chi connectivity index (χ1n) is 5.33. The summed E-state index contributed by atoms with van der Waals surface area (Å²) in [6.45, 7) is 4.72. The Morgan fingerprint density at radius 3 is 2.87 bits per heavy atom. The SMILES string of the molecule is CCSCCC(C)N1CCC(=O)NC1=O. The van der Waals surface area contributed by atoms with Crippen molar-refractivity contribution in [3.05, 3.63) is 0 Å². The maximum Gasteiger partial charge on any atom is 0.324 e. The third kappa shape index (κ3) is 3.74. The summed E-state index contributed by atoms with van der Waals surface area (Å²) < 4.78 is 0. The molecule has 0 radical (unpaired) electrons. The molecule has 5 heteroatoms. The molecule has 1 unspecified atom stereocenters. The number of carbonyl (C=O) groups excluding carboxylic acids is 2. The molecule has 15 heavy (non-hydrogen) atoms. The summed E-state index contributed by atoms with van der Waals surface area (Å²) in [6, 6.07) is -0.0163. The number of thioether (sulfide) groups is 1. The van der Waals surface area contributed by atoms with E-state index < -0.39 is 0 Å². The standard InChI is InChI=1S/C10H18N2O2S/c1-3-15-7-5-8(2)12-6-4-9(13)11-10(12)14/h8H,3-7H2,1-2H3,(H,11,13,14). The molecule has 3 amide bonds. The first-order chi connectivity index (χ1) is 7.15. The molecule has 0 aromatic carbocycles. The zero-order valence-corrected chi connectivity index (χ0v) is 10.1. The molecule has 0 aromatic heterocycles. The topological polar surface area (TPSA) is 49.4 Å². The number of nitrogens with one attached hydrogen (secondary N) is 1. The third-order valence-electron chi connectivity index (χ3n) is 2.50. The molecule has 0 bridgehead atoms. The van der Waals surface area contributed by atoms with Crippen molar-refractivity contribution in [1.29, 1.82) is 0 Å². The first-order valence-corrected chi connectivity index (χ1v) is 6.48. The molecule has 0 aromatic rings. The molecule has 1 heterocycles. The molecule has 0 spiro atoms. The van der Waals surface area contributed by atoms with Gasteiger partial charge in [-0.15, -0.1) is 0 Å². The van der Waals surface area contributed by atoms with Crippen LogP contribution in [0.5, 0.6) is 0 Å². The summed E-state index contributed by atoms with van der Waals surface area (Å²) in [5, 5.41) is 2.34. The van der Waals surface area contributed by atoms with E-state index in [2.05, 4.69) is 12.2 Å². The molecule has 86 valence electrons. The van der Waals surface area contributed by atoms with Crippen molar-refractivity contribution in [3.8, 4) is 0 Å². The Labute approximate surface area is 94.8 Å². The quantitative estimate of drug-likeness (QED) is 0.727. The van der Waals surface area contributed by atoms with Gasteiger partial charge < -0.3 is 4.90 Å². The largest absolute Gasteiger partial charge is 0.324 e. The first kappa shape index (κ1) is 12.4. The lowest BCUT2D eigenvalue weighted by Gasteiger charge is -2.32. The van der Waals surface area contributed by atoms with Crippen LogP contribution in [0.4, 0.5) is 4.79 Å². The van der Waals surface area contributed by atoms with Crippen LogP contribution in [-0.4, -0.2) is 40.9 Å². The Hall–Kier alpha value is -0.710. The van der Waals surface area contributed by atoms with Crippen molar-refractivity contribution in [1.82, 2.24) is 10.2 Å². The number of urea groups is 1. The maximum absolute atomic E-state index is 11.5. The molecule has 1 saturated heterocycles. The number of hydrogen-bond donors (Lipinski definition) is 1. The van der Waals surface area contributed by atoms with E-state index in [0.717, 1.165) is 17.9 Å². The molecule has 4 nitrogen and oxygen atoms in total. The van der Waals surface area contributed by atoms with E-state index in [0.29, 0.717) is 13.0 Å². The normalized spacial score (nSPS) is 18.9. The van der Waals surface area contributed by atoms with Gasteiger partial charge in [0.05, 0.1) is 0 Å². The highest BCUT2D eigenvalue weighted by molar-refractivity contribution is 7.99. The van der Waals surface area contributed by atoms with E-state index in [1.165, 1.54) is 0 Å². The number of imide groups is 1. The second-order valence-corrected chi connectivity index (χ2v) is 5.03. The van der Waals surface area contributed by atoms with Crippen molar-refractivity contribution < 1.29 is 9.59 Å². The van der Waals surface area contributed by atoms with Gasteiger partial charge in [-0.05, 0) is 24.9 Å². The number of rotatable bonds is 5. The van der Waals surface area contributed by atoms with Crippen molar-refractivity contribution in [2.45, 2.75) is 32.7 Å². The number of carbonyl (C=O) groups is 2. The highest BCUT2D eigenvalue weighted by Gasteiger charge is 2.26. The summed E-state index contributed by atoms with van der Waals surface area (Å²) in [5.74, 6) is 2.01. The van der Waals surface area contributed by atoms with E-state index in [4.69, 9.17) is 0 Å². The fourth-order valence-electron chi connectivity index (χ4n) is 1.55. The minimum Gasteiger partial charge on any atom is -0.321 e. The van der Waals surface area contributed by atoms with Crippen LogP contribution in [0.2, 0.25) is 0 Å². The van der Waals surface area contributed by atoms with Crippen LogP contribution in [0.25, 0.3) is 0 Å². The van der Waals surface area contributed by atoms with E-state index >= 15 is 0 Å². The number of amides is 3. The van der Waals surface area contributed by atoms with E-state index in [9.17, 15) is 9.59 Å². The van der Waals surface area contributed by atoms with Crippen LogP contribution in [-0.2, 0) is 4.79 Å². The summed E-state index contributed by atoms with van der Waals surface area (Å²) in [7, 11) is 0. The van der Waals surface area contributed by atoms with Crippen LogP contribution >= 0.6 is 11.8 Å². The summed E-state index contributed by atoms with van der Waals surface area (Å²) in [4.78, 5) is 24.2. The van der Waals surface area contributed by atoms with Gasteiger partial charge in [0.1, 0.15) is 0 Å². The molecule has 0 saturated carbocycles. The Kier molecular flexibility index (Phi) is 4.94. The van der Waals surface area contributed by atoms with Crippen molar-refractivity contribution in [3.63, 3.8) is 0 Å². The smallest absolute Gasteiger partial charge is 0.321 e. The van der Waals surface area contributed by atoms with Crippen LogP contribution < -0.4 is 5.32 Å². The van der Waals surface area contributed by atoms with Crippen molar-refractivity contribution in [2.24, 2.45) is 0 Å². The van der Waals surface area contributed by atoms with Gasteiger partial charge in [0.15, 0.2) is 0 Å². The van der Waals surface area contributed by atoms with Gasteiger partial charge in [0.25, 0.3) is 0 Å².